The van der Waals surface area contributed by atoms with Crippen molar-refractivity contribution in [2.24, 2.45) is 5.41 Å². The summed E-state index contributed by atoms with van der Waals surface area (Å²) in [6.45, 7) is 5.29. The lowest BCUT2D eigenvalue weighted by Gasteiger charge is -2.38. The molecule has 1 N–H and O–H groups in total. The summed E-state index contributed by atoms with van der Waals surface area (Å²) in [6, 6.07) is 8.88. The van der Waals surface area contributed by atoms with Gasteiger partial charge in [0.25, 0.3) is 5.91 Å². The summed E-state index contributed by atoms with van der Waals surface area (Å²) in [5.41, 5.74) is 2.41. The van der Waals surface area contributed by atoms with Crippen molar-refractivity contribution in [2.45, 2.75) is 26.2 Å². The van der Waals surface area contributed by atoms with E-state index in [1.165, 1.54) is 24.6 Å². The van der Waals surface area contributed by atoms with Gasteiger partial charge in [-0.05, 0) is 73.5 Å². The maximum atomic E-state index is 14.7. The maximum absolute atomic E-state index is 14.7. The van der Waals surface area contributed by atoms with Gasteiger partial charge in [-0.1, -0.05) is 12.1 Å². The second-order valence-electron chi connectivity index (χ2n) is 7.87. The van der Waals surface area contributed by atoms with Crippen LogP contribution in [0.4, 0.5) is 8.78 Å². The van der Waals surface area contributed by atoms with Crippen LogP contribution in [0.3, 0.4) is 0 Å². The number of halogens is 3. The van der Waals surface area contributed by atoms with Gasteiger partial charge in [0.05, 0.1) is 0 Å². The van der Waals surface area contributed by atoms with E-state index in [2.05, 4.69) is 5.32 Å². The third kappa shape index (κ3) is 3.91. The minimum Gasteiger partial charge on any atom is -0.339 e. The fourth-order valence-corrected chi connectivity index (χ4v) is 4.38. The summed E-state index contributed by atoms with van der Waals surface area (Å²) in [5.74, 6) is -0.912. The lowest BCUT2D eigenvalue weighted by molar-refractivity contribution is 0.0607. The molecule has 0 radical (unpaired) electrons. The van der Waals surface area contributed by atoms with E-state index in [0.29, 0.717) is 27.7 Å². The topological polar surface area (TPSA) is 32.3 Å². The predicted molar refractivity (Wildman–Crippen MR) is 109 cm³/mol. The van der Waals surface area contributed by atoms with Crippen molar-refractivity contribution in [3.05, 3.63) is 59.2 Å². The molecule has 0 unspecified atom stereocenters. The molecule has 0 bridgehead atoms. The van der Waals surface area contributed by atoms with Crippen molar-refractivity contribution in [3.63, 3.8) is 0 Å². The van der Waals surface area contributed by atoms with Crippen LogP contribution in [-0.2, 0) is 0 Å². The van der Waals surface area contributed by atoms with E-state index in [-0.39, 0.29) is 24.1 Å². The summed E-state index contributed by atoms with van der Waals surface area (Å²) in [7, 11) is 0. The Kier molecular flexibility index (Phi) is 6.06. The van der Waals surface area contributed by atoms with E-state index in [1.807, 2.05) is 4.90 Å². The van der Waals surface area contributed by atoms with E-state index in [4.69, 9.17) is 0 Å². The third-order valence-electron chi connectivity index (χ3n) is 6.14. The van der Waals surface area contributed by atoms with Gasteiger partial charge in [-0.2, -0.15) is 0 Å². The van der Waals surface area contributed by atoms with Crippen LogP contribution in [0.2, 0.25) is 0 Å². The molecule has 0 aromatic heterocycles. The Morgan fingerprint density at radius 2 is 1.75 bits per heavy atom. The van der Waals surface area contributed by atoms with Crippen molar-refractivity contribution >= 4 is 18.3 Å². The van der Waals surface area contributed by atoms with Crippen LogP contribution in [0.15, 0.2) is 36.4 Å². The molecule has 2 saturated heterocycles. The highest BCUT2D eigenvalue weighted by atomic mass is 35.5. The van der Waals surface area contributed by atoms with Crippen LogP contribution in [0.5, 0.6) is 0 Å². The maximum Gasteiger partial charge on any atom is 0.253 e. The molecule has 2 aromatic carbocycles. The summed E-state index contributed by atoms with van der Waals surface area (Å²) in [4.78, 5) is 14.6. The standard InChI is InChI=1S/C22H24F2N2O.ClH/c1-15-12-17(23)3-5-18(15)19-4-2-16(13-20(19)24)21(27)26-10-7-22(8-11-26)6-9-25-14-22;/h2-5,12-13,25H,6-11,14H2,1H3;1H. The first-order valence-corrected chi connectivity index (χ1v) is 9.54. The first-order valence-electron chi connectivity index (χ1n) is 9.54. The minimum atomic E-state index is -0.455. The number of carbonyl (C=O) groups is 1. The molecule has 0 atom stereocenters. The molecule has 0 saturated carbocycles. The number of carbonyl (C=O) groups excluding carboxylic acids is 1. The molecule has 1 spiro atoms. The highest BCUT2D eigenvalue weighted by Crippen LogP contribution is 2.37. The fourth-order valence-electron chi connectivity index (χ4n) is 4.38. The average molecular weight is 407 g/mol. The molecule has 1 amide bonds. The number of nitrogens with zero attached hydrogens (tertiary/aromatic N) is 1. The number of rotatable bonds is 2. The van der Waals surface area contributed by atoms with E-state index < -0.39 is 5.82 Å². The van der Waals surface area contributed by atoms with Gasteiger partial charge in [0, 0.05) is 30.8 Å². The summed E-state index contributed by atoms with van der Waals surface area (Å²) in [6.07, 6.45) is 3.18. The lowest BCUT2D eigenvalue weighted by atomic mass is 9.78. The van der Waals surface area contributed by atoms with Gasteiger partial charge >= 0.3 is 0 Å². The zero-order valence-corrected chi connectivity index (χ0v) is 16.7. The number of likely N-dealkylation sites (tertiary alicyclic amines) is 1. The van der Waals surface area contributed by atoms with Gasteiger partial charge in [0.2, 0.25) is 0 Å². The van der Waals surface area contributed by atoms with Crippen LogP contribution in [0.25, 0.3) is 11.1 Å². The minimum absolute atomic E-state index is 0. The molecule has 150 valence electrons. The molecule has 3 nitrogen and oxygen atoms in total. The first-order chi connectivity index (χ1) is 13.0. The van der Waals surface area contributed by atoms with Crippen molar-refractivity contribution in [3.8, 4) is 11.1 Å². The van der Waals surface area contributed by atoms with E-state index >= 15 is 0 Å². The van der Waals surface area contributed by atoms with Crippen molar-refractivity contribution < 1.29 is 13.6 Å². The molecule has 2 heterocycles. The summed E-state index contributed by atoms with van der Waals surface area (Å²) >= 11 is 0. The largest absolute Gasteiger partial charge is 0.339 e. The average Bonchev–Trinajstić information content (AvgIpc) is 3.10. The Morgan fingerprint density at radius 1 is 1.04 bits per heavy atom. The molecule has 2 fully saturated rings. The number of benzene rings is 2. The molecular weight excluding hydrogens is 382 g/mol. The smallest absolute Gasteiger partial charge is 0.253 e. The number of nitrogens with one attached hydrogen (secondary N) is 1. The van der Waals surface area contributed by atoms with E-state index in [1.54, 1.807) is 25.1 Å². The lowest BCUT2D eigenvalue weighted by Crippen LogP contribution is -2.44. The van der Waals surface area contributed by atoms with Gasteiger partial charge in [0.1, 0.15) is 11.6 Å². The Bertz CT molecular complexity index is 871. The zero-order chi connectivity index (χ0) is 19.0. The van der Waals surface area contributed by atoms with Gasteiger partial charge in [-0.3, -0.25) is 4.79 Å². The summed E-state index contributed by atoms with van der Waals surface area (Å²) < 4.78 is 28.0. The van der Waals surface area contributed by atoms with Gasteiger partial charge < -0.3 is 10.2 Å². The quantitative estimate of drug-likeness (QED) is 0.791. The normalized spacial score (nSPS) is 18.2. The fraction of sp³-hybridized carbons (Fsp3) is 0.409. The van der Waals surface area contributed by atoms with Crippen LogP contribution < -0.4 is 5.32 Å². The van der Waals surface area contributed by atoms with Gasteiger partial charge in [-0.15, -0.1) is 12.4 Å². The molecule has 2 aromatic rings. The molecule has 6 heteroatoms. The van der Waals surface area contributed by atoms with Crippen molar-refractivity contribution in [1.29, 1.82) is 0 Å². The number of aryl methyl sites for hydroxylation is 1. The van der Waals surface area contributed by atoms with Crippen LogP contribution in [0.1, 0.15) is 35.2 Å². The molecule has 2 aliphatic rings. The van der Waals surface area contributed by atoms with Crippen molar-refractivity contribution in [2.75, 3.05) is 26.2 Å². The molecule has 4 rings (SSSR count). The Labute approximate surface area is 170 Å². The third-order valence-corrected chi connectivity index (χ3v) is 6.14. The number of piperidine rings is 1. The number of hydrogen-bond donors (Lipinski definition) is 1. The zero-order valence-electron chi connectivity index (χ0n) is 15.9. The highest BCUT2D eigenvalue weighted by molar-refractivity contribution is 5.95. The first kappa shape index (κ1) is 20.7. The molecular formula is C22H25ClF2N2O. The van der Waals surface area contributed by atoms with Gasteiger partial charge in [-0.25, -0.2) is 8.78 Å². The number of hydrogen-bond acceptors (Lipinski definition) is 2. The van der Waals surface area contributed by atoms with Crippen LogP contribution in [-0.4, -0.2) is 37.0 Å². The van der Waals surface area contributed by atoms with Crippen LogP contribution in [0, 0.1) is 24.0 Å². The number of amides is 1. The Morgan fingerprint density at radius 3 is 2.36 bits per heavy atom. The molecule has 28 heavy (non-hydrogen) atoms. The molecule has 2 aliphatic heterocycles. The van der Waals surface area contributed by atoms with Gasteiger partial charge in [0.15, 0.2) is 0 Å². The van der Waals surface area contributed by atoms with Crippen LogP contribution >= 0.6 is 12.4 Å². The Balaban J connectivity index is 0.00000225. The highest BCUT2D eigenvalue weighted by Gasteiger charge is 2.38. The second-order valence-corrected chi connectivity index (χ2v) is 7.87. The SMILES string of the molecule is Cc1cc(F)ccc1-c1ccc(C(=O)N2CCC3(CCNC3)CC2)cc1F.Cl. The van der Waals surface area contributed by atoms with E-state index in [9.17, 15) is 13.6 Å². The van der Waals surface area contributed by atoms with Crippen molar-refractivity contribution in [1.82, 2.24) is 10.2 Å². The monoisotopic (exact) mass is 406 g/mol. The summed E-state index contributed by atoms with van der Waals surface area (Å²) in [5, 5.41) is 3.42. The predicted octanol–water partition coefficient (Wildman–Crippen LogP) is 4.58. The van der Waals surface area contributed by atoms with E-state index in [0.717, 1.165) is 39.0 Å². The molecule has 0 aliphatic carbocycles. The second kappa shape index (κ2) is 8.18. The Hall–Kier alpha value is -1.98.